The number of hydrogen-bond acceptors (Lipinski definition) is 4. The zero-order valence-electron chi connectivity index (χ0n) is 11.0. The average Bonchev–Trinajstić information content (AvgIpc) is 2.37. The molecule has 5 heteroatoms. The van der Waals surface area contributed by atoms with Gasteiger partial charge in [-0.15, -0.1) is 0 Å². The van der Waals surface area contributed by atoms with Crippen molar-refractivity contribution in [2.24, 2.45) is 0 Å². The van der Waals surface area contributed by atoms with Gasteiger partial charge in [0.2, 0.25) is 0 Å². The fraction of sp³-hybridized carbons (Fsp3) is 0.286. The molecule has 19 heavy (non-hydrogen) atoms. The van der Waals surface area contributed by atoms with Gasteiger partial charge in [-0.25, -0.2) is 0 Å². The van der Waals surface area contributed by atoms with Gasteiger partial charge in [-0.05, 0) is 26.0 Å². The Labute approximate surface area is 110 Å². The van der Waals surface area contributed by atoms with Crippen molar-refractivity contribution in [1.29, 1.82) is 0 Å². The molecule has 2 aromatic rings. The SMILES string of the molecule is COc1ccc2c(=O)cc(C(=O)NC(C)C)oc2c1. The third kappa shape index (κ3) is 2.76. The number of nitrogens with one attached hydrogen (secondary N) is 1. The molecule has 0 unspecified atom stereocenters. The molecule has 0 atom stereocenters. The van der Waals surface area contributed by atoms with E-state index in [0.29, 0.717) is 16.7 Å². The molecule has 2 rings (SSSR count). The summed E-state index contributed by atoms with van der Waals surface area (Å²) < 4.78 is 10.5. The molecule has 0 bridgehead atoms. The zero-order chi connectivity index (χ0) is 14.0. The number of carbonyl (C=O) groups is 1. The molecule has 5 nitrogen and oxygen atoms in total. The Morgan fingerprint density at radius 2 is 2.05 bits per heavy atom. The van der Waals surface area contributed by atoms with Gasteiger partial charge in [0.1, 0.15) is 11.3 Å². The summed E-state index contributed by atoms with van der Waals surface area (Å²) in [7, 11) is 1.52. The van der Waals surface area contributed by atoms with Gasteiger partial charge < -0.3 is 14.5 Å². The Bertz CT molecular complexity index is 673. The standard InChI is InChI=1S/C14H15NO4/c1-8(2)15-14(17)13-7-11(16)10-5-4-9(18-3)6-12(10)19-13/h4-8H,1-3H3,(H,15,17). The zero-order valence-corrected chi connectivity index (χ0v) is 11.0. The minimum atomic E-state index is -0.406. The summed E-state index contributed by atoms with van der Waals surface area (Å²) >= 11 is 0. The summed E-state index contributed by atoms with van der Waals surface area (Å²) in [6.07, 6.45) is 0. The molecule has 0 saturated carbocycles. The van der Waals surface area contributed by atoms with E-state index in [2.05, 4.69) is 5.32 Å². The van der Waals surface area contributed by atoms with Gasteiger partial charge >= 0.3 is 0 Å². The molecule has 1 amide bonds. The first-order valence-corrected chi connectivity index (χ1v) is 5.94. The van der Waals surface area contributed by atoms with E-state index < -0.39 is 5.91 Å². The number of rotatable bonds is 3. The van der Waals surface area contributed by atoms with E-state index in [0.717, 1.165) is 0 Å². The maximum Gasteiger partial charge on any atom is 0.287 e. The highest BCUT2D eigenvalue weighted by molar-refractivity contribution is 5.93. The first-order chi connectivity index (χ1) is 9.01. The minimum absolute atomic E-state index is 0.000506. The van der Waals surface area contributed by atoms with Crippen LogP contribution in [0.1, 0.15) is 24.4 Å². The van der Waals surface area contributed by atoms with Crippen molar-refractivity contribution in [1.82, 2.24) is 5.32 Å². The van der Waals surface area contributed by atoms with Gasteiger partial charge in [0.15, 0.2) is 11.2 Å². The molecule has 0 fully saturated rings. The summed E-state index contributed by atoms with van der Waals surface area (Å²) in [5.74, 6) is 0.161. The van der Waals surface area contributed by atoms with Gasteiger partial charge in [0.25, 0.3) is 5.91 Å². The van der Waals surface area contributed by atoms with E-state index in [1.165, 1.54) is 13.2 Å². The number of hydrogen-bond donors (Lipinski definition) is 1. The fourth-order valence-electron chi connectivity index (χ4n) is 1.71. The molecule has 0 radical (unpaired) electrons. The second-order valence-electron chi connectivity index (χ2n) is 4.47. The second-order valence-corrected chi connectivity index (χ2v) is 4.47. The molecule has 1 heterocycles. The summed E-state index contributed by atoms with van der Waals surface area (Å²) in [5, 5.41) is 3.10. The van der Waals surface area contributed by atoms with Gasteiger partial charge in [-0.1, -0.05) is 0 Å². The van der Waals surface area contributed by atoms with Crippen LogP contribution in [0.15, 0.2) is 33.5 Å². The van der Waals surface area contributed by atoms with E-state index in [9.17, 15) is 9.59 Å². The summed E-state index contributed by atoms with van der Waals surface area (Å²) in [6.45, 7) is 3.67. The normalized spacial score (nSPS) is 10.7. The predicted octanol–water partition coefficient (Wildman–Crippen LogP) is 1.94. The third-order valence-corrected chi connectivity index (χ3v) is 2.58. The number of benzene rings is 1. The lowest BCUT2D eigenvalue weighted by atomic mass is 10.2. The monoisotopic (exact) mass is 261 g/mol. The summed E-state index contributed by atoms with van der Waals surface area (Å²) in [5.41, 5.74) is 0.0820. The first kappa shape index (κ1) is 13.1. The van der Waals surface area contributed by atoms with Crippen LogP contribution in [0.2, 0.25) is 0 Å². The topological polar surface area (TPSA) is 68.5 Å². The molecular weight excluding hydrogens is 246 g/mol. The van der Waals surface area contributed by atoms with E-state index >= 15 is 0 Å². The maximum atomic E-state index is 11.9. The summed E-state index contributed by atoms with van der Waals surface area (Å²) in [6, 6.07) is 6.05. The lowest BCUT2D eigenvalue weighted by Crippen LogP contribution is -2.30. The highest BCUT2D eigenvalue weighted by Crippen LogP contribution is 2.19. The predicted molar refractivity (Wildman–Crippen MR) is 71.6 cm³/mol. The Morgan fingerprint density at radius 3 is 2.68 bits per heavy atom. The van der Waals surface area contributed by atoms with Crippen LogP contribution < -0.4 is 15.5 Å². The molecule has 0 aliphatic heterocycles. The molecule has 0 aliphatic rings. The van der Waals surface area contributed by atoms with Crippen LogP contribution >= 0.6 is 0 Å². The highest BCUT2D eigenvalue weighted by atomic mass is 16.5. The molecule has 0 aliphatic carbocycles. The molecule has 1 aromatic carbocycles. The highest BCUT2D eigenvalue weighted by Gasteiger charge is 2.13. The maximum absolute atomic E-state index is 11.9. The van der Waals surface area contributed by atoms with Gasteiger partial charge in [-0.2, -0.15) is 0 Å². The third-order valence-electron chi connectivity index (χ3n) is 2.58. The van der Waals surface area contributed by atoms with Gasteiger partial charge in [0.05, 0.1) is 12.5 Å². The van der Waals surface area contributed by atoms with Gasteiger partial charge in [-0.3, -0.25) is 9.59 Å². The fourth-order valence-corrected chi connectivity index (χ4v) is 1.71. The van der Waals surface area contributed by atoms with Crippen molar-refractivity contribution >= 4 is 16.9 Å². The second kappa shape index (κ2) is 5.14. The molecule has 1 aromatic heterocycles. The van der Waals surface area contributed by atoms with Crippen molar-refractivity contribution in [2.45, 2.75) is 19.9 Å². The largest absolute Gasteiger partial charge is 0.497 e. The van der Waals surface area contributed by atoms with Crippen molar-refractivity contribution in [3.8, 4) is 5.75 Å². The Hall–Kier alpha value is -2.30. The lowest BCUT2D eigenvalue weighted by Gasteiger charge is -2.08. The van der Waals surface area contributed by atoms with Gasteiger partial charge in [0, 0.05) is 18.2 Å². The van der Waals surface area contributed by atoms with E-state index in [1.807, 2.05) is 13.8 Å². The number of carbonyl (C=O) groups excluding carboxylic acids is 1. The number of ether oxygens (including phenoxy) is 1. The van der Waals surface area contributed by atoms with Crippen molar-refractivity contribution in [3.05, 3.63) is 40.2 Å². The van der Waals surface area contributed by atoms with Crippen LogP contribution in [-0.2, 0) is 0 Å². The number of amides is 1. The van der Waals surface area contributed by atoms with E-state index in [-0.39, 0.29) is 17.2 Å². The summed E-state index contributed by atoms with van der Waals surface area (Å²) in [4.78, 5) is 23.7. The van der Waals surface area contributed by atoms with Crippen molar-refractivity contribution < 1.29 is 13.9 Å². The van der Waals surface area contributed by atoms with E-state index in [4.69, 9.17) is 9.15 Å². The van der Waals surface area contributed by atoms with Crippen LogP contribution in [-0.4, -0.2) is 19.1 Å². The Kier molecular flexibility index (Phi) is 3.55. The quantitative estimate of drug-likeness (QED) is 0.916. The molecule has 0 spiro atoms. The number of methoxy groups -OCH3 is 1. The molecule has 0 saturated heterocycles. The lowest BCUT2D eigenvalue weighted by molar-refractivity contribution is 0.0915. The molecule has 1 N–H and O–H groups in total. The van der Waals surface area contributed by atoms with Crippen LogP contribution in [0.4, 0.5) is 0 Å². The van der Waals surface area contributed by atoms with Crippen LogP contribution in [0.3, 0.4) is 0 Å². The molecule has 100 valence electrons. The number of fused-ring (bicyclic) bond motifs is 1. The van der Waals surface area contributed by atoms with Crippen molar-refractivity contribution in [2.75, 3.05) is 7.11 Å². The van der Waals surface area contributed by atoms with Crippen LogP contribution in [0, 0.1) is 0 Å². The first-order valence-electron chi connectivity index (χ1n) is 5.94. The minimum Gasteiger partial charge on any atom is -0.497 e. The van der Waals surface area contributed by atoms with E-state index in [1.54, 1.807) is 18.2 Å². The Balaban J connectivity index is 2.53. The Morgan fingerprint density at radius 1 is 1.32 bits per heavy atom. The average molecular weight is 261 g/mol. The van der Waals surface area contributed by atoms with Crippen molar-refractivity contribution in [3.63, 3.8) is 0 Å². The van der Waals surface area contributed by atoms with Crippen LogP contribution in [0.25, 0.3) is 11.0 Å². The van der Waals surface area contributed by atoms with Crippen LogP contribution in [0.5, 0.6) is 5.75 Å². The molecular formula is C14H15NO4. The smallest absolute Gasteiger partial charge is 0.287 e.